The first-order valence-corrected chi connectivity index (χ1v) is 7.46. The molecule has 2 aromatic heterocycles. The topological polar surface area (TPSA) is 44.1 Å². The van der Waals surface area contributed by atoms with Crippen LogP contribution in [-0.2, 0) is 13.0 Å². The molecule has 0 saturated carbocycles. The molecule has 1 aromatic carbocycles. The minimum Gasteiger partial charge on any atom is -0.488 e. The lowest BCUT2D eigenvalue weighted by Crippen LogP contribution is -2.28. The summed E-state index contributed by atoms with van der Waals surface area (Å²) in [5.41, 5.74) is 1.51. The quantitative estimate of drug-likeness (QED) is 0.731. The van der Waals surface area contributed by atoms with Gasteiger partial charge in [-0.05, 0) is 29.6 Å². The van der Waals surface area contributed by atoms with E-state index in [0.717, 1.165) is 11.1 Å². The maximum Gasteiger partial charge on any atom is 0.271 e. The Bertz CT molecular complexity index is 887. The molecule has 3 aromatic rings. The van der Waals surface area contributed by atoms with Gasteiger partial charge in [0, 0.05) is 12.0 Å². The summed E-state index contributed by atoms with van der Waals surface area (Å²) in [6, 6.07) is 6.33. The lowest BCUT2D eigenvalue weighted by Gasteiger charge is -2.12. The Morgan fingerprint density at radius 3 is 3.24 bits per heavy atom. The second kappa shape index (κ2) is 4.66. The van der Waals surface area contributed by atoms with Gasteiger partial charge in [-0.1, -0.05) is 0 Å². The zero-order valence-corrected chi connectivity index (χ0v) is 11.8. The number of thiophene rings is 1. The highest BCUT2D eigenvalue weighted by atomic mass is 32.1. The molecule has 1 unspecified atom stereocenters. The predicted molar refractivity (Wildman–Crippen MR) is 78.4 cm³/mol. The van der Waals surface area contributed by atoms with E-state index in [4.69, 9.17) is 4.74 Å². The number of benzene rings is 1. The average Bonchev–Trinajstić information content (AvgIpc) is 3.07. The van der Waals surface area contributed by atoms with Crippen LogP contribution >= 0.6 is 11.3 Å². The summed E-state index contributed by atoms with van der Waals surface area (Å²) in [7, 11) is 0. The highest BCUT2D eigenvalue weighted by molar-refractivity contribution is 7.17. The summed E-state index contributed by atoms with van der Waals surface area (Å²) in [6.07, 6.45) is 1.98. The summed E-state index contributed by atoms with van der Waals surface area (Å²) in [5.74, 6) is 0.427. The summed E-state index contributed by atoms with van der Waals surface area (Å²) in [4.78, 5) is 16.6. The lowest BCUT2D eigenvalue weighted by atomic mass is 10.1. The van der Waals surface area contributed by atoms with E-state index in [1.807, 2.05) is 11.4 Å². The number of ether oxygens (including phenoxy) is 1. The van der Waals surface area contributed by atoms with Gasteiger partial charge in [0.15, 0.2) is 0 Å². The Balaban J connectivity index is 1.62. The largest absolute Gasteiger partial charge is 0.488 e. The fourth-order valence-electron chi connectivity index (χ4n) is 2.62. The summed E-state index contributed by atoms with van der Waals surface area (Å²) in [6.45, 7) is 0.413. The van der Waals surface area contributed by atoms with Gasteiger partial charge >= 0.3 is 0 Å². The number of fused-ring (bicyclic) bond motifs is 2. The maximum atomic E-state index is 13.2. The van der Waals surface area contributed by atoms with E-state index < -0.39 is 0 Å². The van der Waals surface area contributed by atoms with Crippen LogP contribution in [0.25, 0.3) is 10.2 Å². The molecule has 0 aliphatic carbocycles. The normalized spacial score (nSPS) is 16.9. The maximum absolute atomic E-state index is 13.2. The van der Waals surface area contributed by atoms with Crippen molar-refractivity contribution in [1.82, 2.24) is 9.55 Å². The van der Waals surface area contributed by atoms with E-state index in [1.54, 1.807) is 17.0 Å². The number of aromatic nitrogens is 2. The molecule has 3 heterocycles. The van der Waals surface area contributed by atoms with Gasteiger partial charge in [-0.3, -0.25) is 9.36 Å². The number of halogens is 1. The molecule has 1 atom stereocenters. The van der Waals surface area contributed by atoms with Gasteiger partial charge in [0.25, 0.3) is 5.56 Å². The monoisotopic (exact) mass is 302 g/mol. The first-order chi connectivity index (χ1) is 10.2. The molecule has 0 radical (unpaired) electrons. The second-order valence-corrected chi connectivity index (χ2v) is 5.95. The molecule has 6 heteroatoms. The molecule has 0 spiro atoms. The van der Waals surface area contributed by atoms with E-state index in [0.29, 0.717) is 23.4 Å². The van der Waals surface area contributed by atoms with E-state index in [-0.39, 0.29) is 17.5 Å². The Kier molecular flexibility index (Phi) is 2.78. The summed E-state index contributed by atoms with van der Waals surface area (Å²) < 4.78 is 21.2. The number of nitrogens with zero attached hydrogens (tertiary/aromatic N) is 2. The van der Waals surface area contributed by atoms with Gasteiger partial charge in [0.1, 0.15) is 22.4 Å². The SMILES string of the molecule is O=c1c2sccc2ncn1CC1Cc2cc(F)ccc2O1. The van der Waals surface area contributed by atoms with Crippen molar-refractivity contribution in [2.45, 2.75) is 19.1 Å². The smallest absolute Gasteiger partial charge is 0.271 e. The fourth-order valence-corrected chi connectivity index (χ4v) is 3.41. The van der Waals surface area contributed by atoms with Gasteiger partial charge in [-0.15, -0.1) is 11.3 Å². The molecule has 0 N–H and O–H groups in total. The molecule has 1 aliphatic rings. The first kappa shape index (κ1) is 12.5. The molecule has 0 fully saturated rings. The van der Waals surface area contributed by atoms with Crippen molar-refractivity contribution in [1.29, 1.82) is 0 Å². The summed E-state index contributed by atoms with van der Waals surface area (Å²) in [5, 5.41) is 1.86. The van der Waals surface area contributed by atoms with Gasteiger partial charge < -0.3 is 4.74 Å². The van der Waals surface area contributed by atoms with Crippen LogP contribution in [0.2, 0.25) is 0 Å². The van der Waals surface area contributed by atoms with Crippen LogP contribution in [0, 0.1) is 5.82 Å². The van der Waals surface area contributed by atoms with Crippen LogP contribution in [0.5, 0.6) is 5.75 Å². The third-order valence-electron chi connectivity index (χ3n) is 3.60. The summed E-state index contributed by atoms with van der Waals surface area (Å²) >= 11 is 1.39. The van der Waals surface area contributed by atoms with Crippen molar-refractivity contribution in [3.8, 4) is 5.75 Å². The molecule has 21 heavy (non-hydrogen) atoms. The van der Waals surface area contributed by atoms with Crippen LogP contribution in [0.3, 0.4) is 0 Å². The van der Waals surface area contributed by atoms with Gasteiger partial charge in [0.2, 0.25) is 0 Å². The third-order valence-corrected chi connectivity index (χ3v) is 4.49. The Morgan fingerprint density at radius 2 is 2.33 bits per heavy atom. The Labute approximate surface area is 123 Å². The van der Waals surface area contributed by atoms with E-state index in [1.165, 1.54) is 23.5 Å². The van der Waals surface area contributed by atoms with Crippen LogP contribution in [0.4, 0.5) is 4.39 Å². The molecule has 0 amide bonds. The molecule has 4 rings (SSSR count). The predicted octanol–water partition coefficient (Wildman–Crippen LogP) is 2.60. The zero-order chi connectivity index (χ0) is 14.4. The van der Waals surface area contributed by atoms with E-state index in [9.17, 15) is 9.18 Å². The molecule has 0 saturated heterocycles. The van der Waals surface area contributed by atoms with Crippen LogP contribution < -0.4 is 10.3 Å². The third kappa shape index (κ3) is 2.12. The average molecular weight is 302 g/mol. The van der Waals surface area contributed by atoms with Crippen molar-refractivity contribution < 1.29 is 9.13 Å². The van der Waals surface area contributed by atoms with Crippen molar-refractivity contribution in [2.24, 2.45) is 0 Å². The fraction of sp³-hybridized carbons (Fsp3) is 0.200. The van der Waals surface area contributed by atoms with Crippen molar-refractivity contribution in [3.63, 3.8) is 0 Å². The van der Waals surface area contributed by atoms with Crippen LogP contribution in [0.1, 0.15) is 5.56 Å². The lowest BCUT2D eigenvalue weighted by molar-refractivity contribution is 0.207. The standard InChI is InChI=1S/C15H11FN2O2S/c16-10-1-2-13-9(5-10)6-11(20-13)7-18-8-17-12-3-4-21-14(12)15(18)19/h1-5,8,11H,6-7H2. The zero-order valence-electron chi connectivity index (χ0n) is 11.0. The second-order valence-electron chi connectivity index (χ2n) is 5.03. The number of rotatable bonds is 2. The molecule has 1 aliphatic heterocycles. The molecule has 106 valence electrons. The van der Waals surface area contributed by atoms with Crippen molar-refractivity contribution in [3.05, 3.63) is 57.7 Å². The van der Waals surface area contributed by atoms with E-state index >= 15 is 0 Å². The van der Waals surface area contributed by atoms with E-state index in [2.05, 4.69) is 4.98 Å². The number of hydrogen-bond donors (Lipinski definition) is 0. The minimum atomic E-state index is -0.267. The van der Waals surface area contributed by atoms with Crippen LogP contribution in [0.15, 0.2) is 40.8 Å². The van der Waals surface area contributed by atoms with Crippen molar-refractivity contribution in [2.75, 3.05) is 0 Å². The highest BCUT2D eigenvalue weighted by Crippen LogP contribution is 2.29. The van der Waals surface area contributed by atoms with Gasteiger partial charge in [-0.25, -0.2) is 9.37 Å². The minimum absolute atomic E-state index is 0.0549. The van der Waals surface area contributed by atoms with Crippen molar-refractivity contribution >= 4 is 21.6 Å². The number of hydrogen-bond acceptors (Lipinski definition) is 4. The molecular formula is C15H11FN2O2S. The van der Waals surface area contributed by atoms with Crippen LogP contribution in [-0.4, -0.2) is 15.7 Å². The van der Waals surface area contributed by atoms with Gasteiger partial charge in [0.05, 0.1) is 18.4 Å². The highest BCUT2D eigenvalue weighted by Gasteiger charge is 2.24. The Morgan fingerprint density at radius 1 is 1.43 bits per heavy atom. The molecular weight excluding hydrogens is 291 g/mol. The molecule has 0 bridgehead atoms. The molecule has 4 nitrogen and oxygen atoms in total. The first-order valence-electron chi connectivity index (χ1n) is 6.58. The van der Waals surface area contributed by atoms with Gasteiger partial charge in [-0.2, -0.15) is 0 Å². The Hall–Kier alpha value is -2.21.